The minimum atomic E-state index is -1.05. The van der Waals surface area contributed by atoms with Crippen molar-refractivity contribution in [3.63, 3.8) is 0 Å². The van der Waals surface area contributed by atoms with Gasteiger partial charge in [-0.3, -0.25) is 10.1 Å². The highest BCUT2D eigenvalue weighted by molar-refractivity contribution is 5.95. The van der Waals surface area contributed by atoms with Gasteiger partial charge in [0.25, 0.3) is 5.69 Å². The summed E-state index contributed by atoms with van der Waals surface area (Å²) in [6, 6.07) is 1.06. The highest BCUT2D eigenvalue weighted by Crippen LogP contribution is 2.43. The Labute approximate surface area is 142 Å². The second-order valence-corrected chi connectivity index (χ2v) is 5.45. The molecular formula is C15H15N3O7. The van der Waals surface area contributed by atoms with Crippen LogP contribution in [-0.4, -0.2) is 42.8 Å². The van der Waals surface area contributed by atoms with Crippen molar-refractivity contribution >= 4 is 17.7 Å². The molecule has 0 aliphatic carbocycles. The summed E-state index contributed by atoms with van der Waals surface area (Å²) in [5, 5.41) is 14.1. The van der Waals surface area contributed by atoms with Gasteiger partial charge in [-0.15, -0.1) is 0 Å². The molecule has 3 rings (SSSR count). The van der Waals surface area contributed by atoms with E-state index in [0.29, 0.717) is 11.4 Å². The van der Waals surface area contributed by atoms with E-state index in [0.717, 1.165) is 0 Å². The number of fused-ring (bicyclic) bond motifs is 1. The summed E-state index contributed by atoms with van der Waals surface area (Å²) >= 11 is 0. The second kappa shape index (κ2) is 5.96. The molecule has 1 unspecified atom stereocenters. The fourth-order valence-electron chi connectivity index (χ4n) is 2.78. The Morgan fingerprint density at radius 2 is 2.04 bits per heavy atom. The number of ether oxygens (including phenoxy) is 3. The van der Waals surface area contributed by atoms with Crippen molar-refractivity contribution in [2.24, 2.45) is 0 Å². The number of urea groups is 1. The Bertz CT molecular complexity index is 818. The largest absolute Gasteiger partial charge is 0.466 e. The van der Waals surface area contributed by atoms with Crippen molar-refractivity contribution in [2.75, 3.05) is 21.0 Å². The van der Waals surface area contributed by atoms with Gasteiger partial charge in [0.1, 0.15) is 0 Å². The first-order chi connectivity index (χ1) is 11.8. The molecule has 1 atom stereocenters. The minimum absolute atomic E-state index is 0.0611. The molecule has 0 fully saturated rings. The molecule has 0 saturated heterocycles. The first-order valence-corrected chi connectivity index (χ1v) is 7.26. The van der Waals surface area contributed by atoms with Crippen LogP contribution < -0.4 is 14.8 Å². The van der Waals surface area contributed by atoms with Crippen LogP contribution in [0.25, 0.3) is 0 Å². The number of rotatable bonds is 3. The first-order valence-electron chi connectivity index (χ1n) is 7.26. The quantitative estimate of drug-likeness (QED) is 0.498. The molecule has 2 amide bonds. The molecule has 132 valence electrons. The molecule has 0 saturated carbocycles. The van der Waals surface area contributed by atoms with Crippen LogP contribution in [-0.2, 0) is 9.53 Å². The molecule has 1 N–H and O–H groups in total. The van der Waals surface area contributed by atoms with Crippen LogP contribution in [0.5, 0.6) is 11.5 Å². The zero-order chi connectivity index (χ0) is 18.3. The Balaban J connectivity index is 2.21. The number of methoxy groups -OCH3 is 1. The molecule has 10 heteroatoms. The van der Waals surface area contributed by atoms with Gasteiger partial charge in [-0.25, -0.2) is 9.59 Å². The van der Waals surface area contributed by atoms with Crippen LogP contribution >= 0.6 is 0 Å². The van der Waals surface area contributed by atoms with E-state index in [1.807, 2.05) is 0 Å². The van der Waals surface area contributed by atoms with E-state index < -0.39 is 23.0 Å². The summed E-state index contributed by atoms with van der Waals surface area (Å²) in [7, 11) is 2.68. The van der Waals surface area contributed by atoms with Crippen LogP contribution in [0, 0.1) is 10.1 Å². The maximum absolute atomic E-state index is 12.2. The zero-order valence-electron chi connectivity index (χ0n) is 13.7. The fourth-order valence-corrected chi connectivity index (χ4v) is 2.78. The molecule has 0 aromatic heterocycles. The smallest absolute Gasteiger partial charge is 0.337 e. The first kappa shape index (κ1) is 16.6. The van der Waals surface area contributed by atoms with Crippen molar-refractivity contribution in [1.82, 2.24) is 10.2 Å². The molecule has 2 aliphatic rings. The van der Waals surface area contributed by atoms with Crippen LogP contribution in [0.15, 0.2) is 23.4 Å². The van der Waals surface area contributed by atoms with Gasteiger partial charge in [0, 0.05) is 12.7 Å². The average Bonchev–Trinajstić information content (AvgIpc) is 3.05. The number of hydrogen-bond acceptors (Lipinski definition) is 7. The summed E-state index contributed by atoms with van der Waals surface area (Å²) in [5.74, 6) is -0.160. The lowest BCUT2D eigenvalue weighted by atomic mass is 9.93. The fraction of sp³-hybridized carbons (Fsp3) is 0.333. The Morgan fingerprint density at radius 1 is 1.40 bits per heavy atom. The van der Waals surface area contributed by atoms with Crippen molar-refractivity contribution in [3.05, 3.63) is 39.1 Å². The van der Waals surface area contributed by atoms with Gasteiger partial charge in [0.15, 0.2) is 11.5 Å². The highest BCUT2D eigenvalue weighted by Gasteiger charge is 2.39. The SMILES string of the molecule is COC(=O)C1=C(C)N(C)C(=O)NC1c1cc2c(cc1[N+](=O)[O-])OCO2. The Kier molecular flexibility index (Phi) is 3.95. The number of carbonyl (C=O) groups excluding carboxylic acids is 2. The Morgan fingerprint density at radius 3 is 2.64 bits per heavy atom. The molecule has 1 aromatic carbocycles. The van der Waals surface area contributed by atoms with Gasteiger partial charge in [0.2, 0.25) is 6.79 Å². The van der Waals surface area contributed by atoms with Crippen molar-refractivity contribution in [3.8, 4) is 11.5 Å². The zero-order valence-corrected chi connectivity index (χ0v) is 13.7. The van der Waals surface area contributed by atoms with E-state index in [1.54, 1.807) is 6.92 Å². The number of allylic oxidation sites excluding steroid dienone is 1. The van der Waals surface area contributed by atoms with Crippen molar-refractivity contribution in [2.45, 2.75) is 13.0 Å². The van der Waals surface area contributed by atoms with Gasteiger partial charge in [-0.2, -0.15) is 0 Å². The predicted octanol–water partition coefficient (Wildman–Crippen LogP) is 1.47. The monoisotopic (exact) mass is 349 g/mol. The number of nitro benzene ring substituents is 1. The summed E-state index contributed by atoms with van der Waals surface area (Å²) in [6.45, 7) is 1.51. The average molecular weight is 349 g/mol. The summed E-state index contributed by atoms with van der Waals surface area (Å²) < 4.78 is 15.2. The van der Waals surface area contributed by atoms with E-state index in [1.165, 1.54) is 31.2 Å². The summed E-state index contributed by atoms with van der Waals surface area (Å²) in [4.78, 5) is 36.5. The molecule has 2 heterocycles. The predicted molar refractivity (Wildman–Crippen MR) is 83.0 cm³/mol. The van der Waals surface area contributed by atoms with Crippen LogP contribution in [0.4, 0.5) is 10.5 Å². The van der Waals surface area contributed by atoms with Gasteiger partial charge >= 0.3 is 12.0 Å². The van der Waals surface area contributed by atoms with Gasteiger partial charge in [-0.1, -0.05) is 0 Å². The molecule has 25 heavy (non-hydrogen) atoms. The number of nitro groups is 1. The highest BCUT2D eigenvalue weighted by atomic mass is 16.7. The third-order valence-corrected chi connectivity index (χ3v) is 4.19. The third kappa shape index (κ3) is 2.61. The van der Waals surface area contributed by atoms with Crippen molar-refractivity contribution < 1.29 is 28.7 Å². The van der Waals surface area contributed by atoms with E-state index in [4.69, 9.17) is 14.2 Å². The topological polar surface area (TPSA) is 120 Å². The number of hydrogen-bond donors (Lipinski definition) is 1. The van der Waals surface area contributed by atoms with Gasteiger partial charge in [0.05, 0.1) is 35.3 Å². The number of benzene rings is 1. The maximum Gasteiger partial charge on any atom is 0.337 e. The molecule has 0 spiro atoms. The van der Waals surface area contributed by atoms with E-state index in [2.05, 4.69) is 5.32 Å². The van der Waals surface area contributed by atoms with Gasteiger partial charge < -0.3 is 24.4 Å². The van der Waals surface area contributed by atoms with Gasteiger partial charge in [-0.05, 0) is 13.0 Å². The minimum Gasteiger partial charge on any atom is -0.466 e. The van der Waals surface area contributed by atoms with Crippen LogP contribution in [0.3, 0.4) is 0 Å². The number of carbonyl (C=O) groups is 2. The second-order valence-electron chi connectivity index (χ2n) is 5.45. The lowest BCUT2D eigenvalue weighted by Crippen LogP contribution is -2.46. The van der Waals surface area contributed by atoms with E-state index in [9.17, 15) is 19.7 Å². The summed E-state index contributed by atoms with van der Waals surface area (Å²) in [6.07, 6.45) is 0. The lowest BCUT2D eigenvalue weighted by molar-refractivity contribution is -0.385. The van der Waals surface area contributed by atoms with Crippen LogP contribution in [0.1, 0.15) is 18.5 Å². The van der Waals surface area contributed by atoms with Crippen LogP contribution in [0.2, 0.25) is 0 Å². The molecule has 0 bridgehead atoms. The normalized spacial score (nSPS) is 18.9. The van der Waals surface area contributed by atoms with E-state index >= 15 is 0 Å². The third-order valence-electron chi connectivity index (χ3n) is 4.19. The molecule has 1 aromatic rings. The van der Waals surface area contributed by atoms with E-state index in [-0.39, 0.29) is 29.4 Å². The standard InChI is InChI=1S/C15H15N3O7/c1-7-12(14(19)23-3)13(16-15(20)17(7)2)8-4-10-11(25-6-24-10)5-9(8)18(21)22/h4-5,13H,6H2,1-3H3,(H,16,20). The van der Waals surface area contributed by atoms with Crippen molar-refractivity contribution in [1.29, 1.82) is 0 Å². The number of nitrogens with zero attached hydrogens (tertiary/aromatic N) is 2. The lowest BCUT2D eigenvalue weighted by Gasteiger charge is -2.32. The molecular weight excluding hydrogens is 334 g/mol. The number of nitrogens with one attached hydrogen (secondary N) is 1. The Hall–Kier alpha value is -3.30. The number of amides is 2. The maximum atomic E-state index is 12.2. The molecule has 0 radical (unpaired) electrons. The molecule has 10 nitrogen and oxygen atoms in total. The number of esters is 1. The molecule has 2 aliphatic heterocycles. The summed E-state index contributed by atoms with van der Waals surface area (Å²) in [5.41, 5.74) is 0.253.